The van der Waals surface area contributed by atoms with Crippen LogP contribution in [0.3, 0.4) is 0 Å². The molecule has 0 fully saturated rings. The van der Waals surface area contributed by atoms with Crippen molar-refractivity contribution in [3.63, 3.8) is 0 Å². The van der Waals surface area contributed by atoms with E-state index in [1.165, 1.54) is 0 Å². The molecule has 3 nitrogen and oxygen atoms in total. The highest BCUT2D eigenvalue weighted by molar-refractivity contribution is 9.10. The fraction of sp³-hybridized carbons (Fsp3) is 0.200. The number of nitrogens with zero attached hydrogens (tertiary/aromatic N) is 3. The van der Waals surface area contributed by atoms with Crippen molar-refractivity contribution in [2.24, 2.45) is 0 Å². The summed E-state index contributed by atoms with van der Waals surface area (Å²) in [5.41, 5.74) is 3.09. The first kappa shape index (κ1) is 9.40. The van der Waals surface area contributed by atoms with Crippen LogP contribution in [0.25, 0.3) is 5.69 Å². The standard InChI is InChI=1S/C10H10BrN3/c1-7-6-8(2)14(13-7)9-4-3-5-12-10(9)11/h3-6H,1-2H3. The van der Waals surface area contributed by atoms with Gasteiger partial charge in [0.05, 0.1) is 11.4 Å². The number of aryl methyl sites for hydroxylation is 2. The van der Waals surface area contributed by atoms with Gasteiger partial charge >= 0.3 is 0 Å². The number of rotatable bonds is 1. The maximum Gasteiger partial charge on any atom is 0.131 e. The summed E-state index contributed by atoms with van der Waals surface area (Å²) >= 11 is 3.40. The zero-order chi connectivity index (χ0) is 10.1. The van der Waals surface area contributed by atoms with Crippen LogP contribution < -0.4 is 0 Å². The van der Waals surface area contributed by atoms with E-state index in [-0.39, 0.29) is 0 Å². The van der Waals surface area contributed by atoms with Crippen molar-refractivity contribution < 1.29 is 0 Å². The second kappa shape index (κ2) is 3.53. The highest BCUT2D eigenvalue weighted by Gasteiger charge is 2.06. The molecule has 0 atom stereocenters. The lowest BCUT2D eigenvalue weighted by Crippen LogP contribution is -2.00. The molecule has 0 spiro atoms. The minimum absolute atomic E-state index is 0.811. The number of hydrogen-bond donors (Lipinski definition) is 0. The molecule has 0 aromatic carbocycles. The van der Waals surface area contributed by atoms with Gasteiger partial charge in [0.25, 0.3) is 0 Å². The molecule has 0 unspecified atom stereocenters. The summed E-state index contributed by atoms with van der Waals surface area (Å²) in [6.45, 7) is 4.01. The van der Waals surface area contributed by atoms with Crippen molar-refractivity contribution >= 4 is 15.9 Å². The number of hydrogen-bond acceptors (Lipinski definition) is 2. The van der Waals surface area contributed by atoms with Gasteiger partial charge in [0.2, 0.25) is 0 Å². The Labute approximate surface area is 90.9 Å². The zero-order valence-corrected chi connectivity index (χ0v) is 9.62. The molecule has 0 amide bonds. The van der Waals surface area contributed by atoms with E-state index in [0.717, 1.165) is 21.7 Å². The predicted octanol–water partition coefficient (Wildman–Crippen LogP) is 2.65. The molecule has 0 N–H and O–H groups in total. The Morgan fingerprint density at radius 2 is 2.14 bits per heavy atom. The molecule has 0 saturated heterocycles. The van der Waals surface area contributed by atoms with E-state index < -0.39 is 0 Å². The minimum Gasteiger partial charge on any atom is -0.247 e. The molecule has 4 heteroatoms. The third kappa shape index (κ3) is 1.57. The van der Waals surface area contributed by atoms with Crippen molar-refractivity contribution in [1.29, 1.82) is 0 Å². The summed E-state index contributed by atoms with van der Waals surface area (Å²) in [5, 5.41) is 4.39. The van der Waals surface area contributed by atoms with Gasteiger partial charge in [-0.25, -0.2) is 9.67 Å². The Hall–Kier alpha value is -1.16. The molecule has 2 aromatic heterocycles. The molecule has 0 aliphatic heterocycles. The Bertz CT molecular complexity index is 462. The van der Waals surface area contributed by atoms with Gasteiger partial charge in [-0.1, -0.05) is 0 Å². The molecule has 0 saturated carbocycles. The van der Waals surface area contributed by atoms with Gasteiger partial charge in [0.1, 0.15) is 4.60 Å². The molecule has 14 heavy (non-hydrogen) atoms. The molecule has 0 bridgehead atoms. The van der Waals surface area contributed by atoms with E-state index in [1.807, 2.05) is 36.7 Å². The van der Waals surface area contributed by atoms with Crippen molar-refractivity contribution in [2.75, 3.05) is 0 Å². The molecule has 2 aromatic rings. The van der Waals surface area contributed by atoms with Crippen LogP contribution in [0.4, 0.5) is 0 Å². The third-order valence-corrected chi connectivity index (χ3v) is 2.59. The van der Waals surface area contributed by atoms with Gasteiger partial charge in [-0.15, -0.1) is 0 Å². The van der Waals surface area contributed by atoms with E-state index in [1.54, 1.807) is 6.20 Å². The fourth-order valence-electron chi connectivity index (χ4n) is 1.41. The van der Waals surface area contributed by atoms with Crippen molar-refractivity contribution in [2.45, 2.75) is 13.8 Å². The van der Waals surface area contributed by atoms with Crippen LogP contribution >= 0.6 is 15.9 Å². The van der Waals surface area contributed by atoms with E-state index >= 15 is 0 Å². The lowest BCUT2D eigenvalue weighted by molar-refractivity contribution is 0.823. The number of pyridine rings is 1. The molecule has 0 aliphatic rings. The average Bonchev–Trinajstić information content (AvgIpc) is 2.46. The number of halogens is 1. The second-order valence-corrected chi connectivity index (χ2v) is 3.90. The normalized spacial score (nSPS) is 10.5. The van der Waals surface area contributed by atoms with Crippen LogP contribution in [0.5, 0.6) is 0 Å². The summed E-state index contributed by atoms with van der Waals surface area (Å²) < 4.78 is 2.69. The highest BCUT2D eigenvalue weighted by Crippen LogP contribution is 2.19. The molecule has 0 aliphatic carbocycles. The monoisotopic (exact) mass is 251 g/mol. The van der Waals surface area contributed by atoms with E-state index in [9.17, 15) is 0 Å². The van der Waals surface area contributed by atoms with Crippen LogP contribution in [-0.2, 0) is 0 Å². The van der Waals surface area contributed by atoms with Crippen LogP contribution in [0.1, 0.15) is 11.4 Å². The van der Waals surface area contributed by atoms with Gasteiger partial charge in [-0.3, -0.25) is 0 Å². The van der Waals surface area contributed by atoms with Crippen molar-refractivity contribution in [3.05, 3.63) is 40.4 Å². The van der Waals surface area contributed by atoms with Crippen molar-refractivity contribution in [1.82, 2.24) is 14.8 Å². The summed E-state index contributed by atoms with van der Waals surface area (Å²) in [6.07, 6.45) is 1.75. The quantitative estimate of drug-likeness (QED) is 0.730. The fourth-order valence-corrected chi connectivity index (χ4v) is 1.83. The van der Waals surface area contributed by atoms with Gasteiger partial charge < -0.3 is 0 Å². The smallest absolute Gasteiger partial charge is 0.131 e. The average molecular weight is 252 g/mol. The molecular weight excluding hydrogens is 242 g/mol. The first-order valence-electron chi connectivity index (χ1n) is 4.32. The van der Waals surface area contributed by atoms with E-state index in [4.69, 9.17) is 0 Å². The summed E-state index contributed by atoms with van der Waals surface area (Å²) in [6, 6.07) is 5.92. The van der Waals surface area contributed by atoms with Gasteiger partial charge in [0, 0.05) is 11.9 Å². The Kier molecular flexibility index (Phi) is 2.37. The summed E-state index contributed by atoms with van der Waals surface area (Å²) in [7, 11) is 0. The van der Waals surface area contributed by atoms with Gasteiger partial charge in [-0.05, 0) is 48.0 Å². The second-order valence-electron chi connectivity index (χ2n) is 3.15. The topological polar surface area (TPSA) is 30.7 Å². The third-order valence-electron chi connectivity index (χ3n) is 1.98. The zero-order valence-electron chi connectivity index (χ0n) is 8.03. The largest absolute Gasteiger partial charge is 0.247 e. The van der Waals surface area contributed by atoms with Crippen LogP contribution in [-0.4, -0.2) is 14.8 Å². The highest BCUT2D eigenvalue weighted by atomic mass is 79.9. The molecular formula is C10H10BrN3. The molecule has 0 radical (unpaired) electrons. The first-order chi connectivity index (χ1) is 6.68. The maximum atomic E-state index is 4.39. The molecule has 72 valence electrons. The lowest BCUT2D eigenvalue weighted by atomic mass is 10.4. The number of aromatic nitrogens is 3. The van der Waals surface area contributed by atoms with Crippen LogP contribution in [0.2, 0.25) is 0 Å². The van der Waals surface area contributed by atoms with Gasteiger partial charge in [0.15, 0.2) is 0 Å². The van der Waals surface area contributed by atoms with Gasteiger partial charge in [-0.2, -0.15) is 5.10 Å². The molecule has 2 rings (SSSR count). The summed E-state index contributed by atoms with van der Waals surface area (Å²) in [5.74, 6) is 0. The SMILES string of the molecule is Cc1cc(C)n(-c2cccnc2Br)n1. The Morgan fingerprint density at radius 3 is 2.71 bits per heavy atom. The minimum atomic E-state index is 0.811. The lowest BCUT2D eigenvalue weighted by Gasteiger charge is -2.04. The van der Waals surface area contributed by atoms with Crippen LogP contribution in [0, 0.1) is 13.8 Å². The van der Waals surface area contributed by atoms with E-state index in [0.29, 0.717) is 0 Å². The first-order valence-corrected chi connectivity index (χ1v) is 5.12. The van der Waals surface area contributed by atoms with E-state index in [2.05, 4.69) is 26.0 Å². The van der Waals surface area contributed by atoms with Crippen molar-refractivity contribution in [3.8, 4) is 5.69 Å². The molecule has 2 heterocycles. The Morgan fingerprint density at radius 1 is 1.36 bits per heavy atom. The maximum absolute atomic E-state index is 4.39. The van der Waals surface area contributed by atoms with Crippen LogP contribution in [0.15, 0.2) is 29.0 Å². The predicted molar refractivity (Wildman–Crippen MR) is 58.5 cm³/mol. The Balaban J connectivity index is 2.60. The summed E-state index contributed by atoms with van der Waals surface area (Å²) in [4.78, 5) is 4.16.